The molecule has 0 bridgehead atoms. The fourth-order valence-electron chi connectivity index (χ4n) is 0.841. The fourth-order valence-corrected chi connectivity index (χ4v) is 0.841. The smallest absolute Gasteiger partial charge is 0.141 e. The predicted molar refractivity (Wildman–Crippen MR) is 43.8 cm³/mol. The first-order valence-corrected chi connectivity index (χ1v) is 3.46. The van der Waals surface area contributed by atoms with Crippen molar-refractivity contribution in [3.63, 3.8) is 0 Å². The quantitative estimate of drug-likeness (QED) is 0.593. The van der Waals surface area contributed by atoms with Gasteiger partial charge in [0, 0.05) is 0 Å². The average molecular weight is 155 g/mol. The minimum atomic E-state index is -0.732. The summed E-state index contributed by atoms with van der Waals surface area (Å²) < 4.78 is 0. The third-order valence-electron chi connectivity index (χ3n) is 1.28. The van der Waals surface area contributed by atoms with E-state index < -0.39 is 5.60 Å². The van der Waals surface area contributed by atoms with Gasteiger partial charge in [0.1, 0.15) is 12.2 Å². The van der Waals surface area contributed by atoms with Crippen molar-refractivity contribution in [2.75, 3.05) is 6.54 Å². The van der Waals surface area contributed by atoms with Crippen LogP contribution in [0.1, 0.15) is 13.8 Å². The highest BCUT2D eigenvalue weighted by Crippen LogP contribution is 2.10. The Bertz CT molecular complexity index is 192. The maximum Gasteiger partial charge on any atom is 0.141 e. The van der Waals surface area contributed by atoms with Crippen molar-refractivity contribution in [3.05, 3.63) is 12.4 Å². The second-order valence-corrected chi connectivity index (χ2v) is 3.20. The number of rotatable bonds is 2. The molecule has 0 aromatic rings. The summed E-state index contributed by atoms with van der Waals surface area (Å²) in [7, 11) is 0. The van der Waals surface area contributed by atoms with Crippen molar-refractivity contribution in [1.82, 2.24) is 10.4 Å². The lowest BCUT2D eigenvalue weighted by Crippen LogP contribution is -2.41. The van der Waals surface area contributed by atoms with Crippen LogP contribution < -0.4 is 5.43 Å². The summed E-state index contributed by atoms with van der Waals surface area (Å²) >= 11 is 0. The van der Waals surface area contributed by atoms with Crippen LogP contribution >= 0.6 is 0 Å². The van der Waals surface area contributed by atoms with Crippen LogP contribution in [0.4, 0.5) is 0 Å². The summed E-state index contributed by atoms with van der Waals surface area (Å²) in [5, 5.41) is 11.1. The van der Waals surface area contributed by atoms with E-state index in [-0.39, 0.29) is 0 Å². The lowest BCUT2D eigenvalue weighted by Gasteiger charge is -2.25. The van der Waals surface area contributed by atoms with Gasteiger partial charge in [-0.2, -0.15) is 0 Å². The van der Waals surface area contributed by atoms with E-state index in [2.05, 4.69) is 17.0 Å². The van der Waals surface area contributed by atoms with E-state index in [0.717, 1.165) is 0 Å². The Morgan fingerprint density at radius 1 is 1.82 bits per heavy atom. The minimum Gasteiger partial charge on any atom is -0.389 e. The number of β-amino-alcohol motifs (C(OH)–C–C–N with tert-alkyl or cyclic N) is 1. The maximum absolute atomic E-state index is 9.42. The van der Waals surface area contributed by atoms with Gasteiger partial charge in [-0.25, -0.2) is 4.99 Å². The minimum absolute atomic E-state index is 0.478. The summed E-state index contributed by atoms with van der Waals surface area (Å²) in [4.78, 5) is 3.89. The third-order valence-corrected chi connectivity index (χ3v) is 1.28. The molecule has 11 heavy (non-hydrogen) atoms. The Labute approximate surface area is 66.2 Å². The maximum atomic E-state index is 9.42. The van der Waals surface area contributed by atoms with Crippen molar-refractivity contribution in [1.29, 1.82) is 0 Å². The second-order valence-electron chi connectivity index (χ2n) is 3.20. The number of hydrazine groups is 1. The molecule has 0 fully saturated rings. The molecule has 1 aliphatic rings. The fraction of sp³-hybridized carbons (Fsp3) is 0.571. The molecule has 0 aromatic heterocycles. The SMILES string of the molecule is C=C1N=CNN1CC(C)(C)O. The molecule has 2 N–H and O–H groups in total. The van der Waals surface area contributed by atoms with Crippen LogP contribution in [0.2, 0.25) is 0 Å². The predicted octanol–water partition coefficient (Wildman–Crippen LogP) is 0.0770. The molecule has 0 amide bonds. The summed E-state index contributed by atoms with van der Waals surface area (Å²) in [6.07, 6.45) is 1.55. The van der Waals surface area contributed by atoms with E-state index in [1.54, 1.807) is 25.2 Å². The van der Waals surface area contributed by atoms with Crippen LogP contribution in [0.15, 0.2) is 17.4 Å². The lowest BCUT2D eigenvalue weighted by atomic mass is 10.1. The largest absolute Gasteiger partial charge is 0.389 e. The van der Waals surface area contributed by atoms with Crippen molar-refractivity contribution in [2.24, 2.45) is 4.99 Å². The van der Waals surface area contributed by atoms with Gasteiger partial charge in [-0.1, -0.05) is 6.58 Å². The number of nitrogens with zero attached hydrogens (tertiary/aromatic N) is 2. The van der Waals surface area contributed by atoms with E-state index >= 15 is 0 Å². The molecule has 1 rings (SSSR count). The highest BCUT2D eigenvalue weighted by atomic mass is 16.3. The normalized spacial score (nSPS) is 17.4. The van der Waals surface area contributed by atoms with E-state index in [9.17, 15) is 5.11 Å². The molecular formula is C7H13N3O. The van der Waals surface area contributed by atoms with Crippen LogP contribution in [-0.2, 0) is 0 Å². The molecule has 1 heterocycles. The van der Waals surface area contributed by atoms with Gasteiger partial charge < -0.3 is 5.11 Å². The van der Waals surface area contributed by atoms with Crippen LogP contribution in [0.5, 0.6) is 0 Å². The summed E-state index contributed by atoms with van der Waals surface area (Å²) in [5.74, 6) is 0.632. The van der Waals surface area contributed by atoms with E-state index in [1.807, 2.05) is 0 Å². The molecule has 0 saturated carbocycles. The number of hydrogen-bond acceptors (Lipinski definition) is 4. The van der Waals surface area contributed by atoms with Crippen molar-refractivity contribution in [2.45, 2.75) is 19.4 Å². The molecule has 0 aromatic carbocycles. The van der Waals surface area contributed by atoms with Gasteiger partial charge in [0.05, 0.1) is 12.1 Å². The number of hydrogen-bond donors (Lipinski definition) is 2. The number of aliphatic hydroxyl groups is 1. The molecule has 4 heteroatoms. The molecule has 0 spiro atoms. The Hall–Kier alpha value is -1.03. The topological polar surface area (TPSA) is 47.9 Å². The van der Waals surface area contributed by atoms with Crippen molar-refractivity contribution >= 4 is 6.34 Å². The number of aliphatic imine (C=N–C) groups is 1. The summed E-state index contributed by atoms with van der Waals surface area (Å²) in [6.45, 7) is 7.62. The first-order valence-electron chi connectivity index (χ1n) is 3.46. The molecule has 0 saturated heterocycles. The molecule has 4 nitrogen and oxygen atoms in total. The summed E-state index contributed by atoms with van der Waals surface area (Å²) in [5.41, 5.74) is 2.11. The van der Waals surface area contributed by atoms with Gasteiger partial charge in [0.15, 0.2) is 0 Å². The molecule has 62 valence electrons. The van der Waals surface area contributed by atoms with Crippen molar-refractivity contribution < 1.29 is 5.11 Å². The van der Waals surface area contributed by atoms with E-state index in [1.165, 1.54) is 0 Å². The van der Waals surface area contributed by atoms with Gasteiger partial charge in [-0.3, -0.25) is 10.4 Å². The Kier molecular flexibility index (Phi) is 1.87. The van der Waals surface area contributed by atoms with E-state index in [0.29, 0.717) is 12.4 Å². The van der Waals surface area contributed by atoms with Crippen LogP contribution in [0.3, 0.4) is 0 Å². The third kappa shape index (κ3) is 2.23. The molecule has 0 radical (unpaired) electrons. The van der Waals surface area contributed by atoms with Gasteiger partial charge in [0.25, 0.3) is 0 Å². The zero-order valence-corrected chi connectivity index (χ0v) is 6.83. The highest BCUT2D eigenvalue weighted by Gasteiger charge is 2.20. The molecule has 0 aliphatic carbocycles. The Balaban J connectivity index is 2.46. The monoisotopic (exact) mass is 155 g/mol. The zero-order valence-electron chi connectivity index (χ0n) is 6.83. The van der Waals surface area contributed by atoms with Gasteiger partial charge in [-0.15, -0.1) is 0 Å². The second kappa shape index (κ2) is 2.54. The van der Waals surface area contributed by atoms with Gasteiger partial charge >= 0.3 is 0 Å². The standard InChI is InChI=1S/C7H13N3O/c1-6-8-5-9-10(6)4-7(2,3)11/h5,11H,1,4H2,2-3H3,(H,8,9). The van der Waals surface area contributed by atoms with Crippen LogP contribution in [0, 0.1) is 0 Å². The first-order chi connectivity index (χ1) is 4.99. The molecule has 1 aliphatic heterocycles. The Morgan fingerprint density at radius 2 is 2.45 bits per heavy atom. The lowest BCUT2D eigenvalue weighted by molar-refractivity contribution is 0.0420. The molecular weight excluding hydrogens is 142 g/mol. The summed E-state index contributed by atoms with van der Waals surface area (Å²) in [6, 6.07) is 0. The van der Waals surface area contributed by atoms with Gasteiger partial charge in [-0.05, 0) is 13.8 Å². The molecule has 0 atom stereocenters. The average Bonchev–Trinajstić information content (AvgIpc) is 2.12. The zero-order chi connectivity index (χ0) is 8.48. The Morgan fingerprint density at radius 3 is 2.82 bits per heavy atom. The molecule has 0 unspecified atom stereocenters. The van der Waals surface area contributed by atoms with E-state index in [4.69, 9.17) is 0 Å². The van der Waals surface area contributed by atoms with Crippen LogP contribution in [0.25, 0.3) is 0 Å². The number of nitrogens with one attached hydrogen (secondary N) is 1. The first kappa shape index (κ1) is 8.07. The highest BCUT2D eigenvalue weighted by molar-refractivity contribution is 5.58. The van der Waals surface area contributed by atoms with Crippen LogP contribution in [-0.4, -0.2) is 28.6 Å². The van der Waals surface area contributed by atoms with Gasteiger partial charge in [0.2, 0.25) is 0 Å². The van der Waals surface area contributed by atoms with Crippen molar-refractivity contribution in [3.8, 4) is 0 Å².